The lowest BCUT2D eigenvalue weighted by Crippen LogP contribution is -2.02. The predicted octanol–water partition coefficient (Wildman–Crippen LogP) is 5.47. The fraction of sp³-hybridized carbons (Fsp3) is 0.174. The topological polar surface area (TPSA) is 47.8 Å². The van der Waals surface area contributed by atoms with Crippen molar-refractivity contribution in [2.75, 3.05) is 0 Å². The van der Waals surface area contributed by atoms with Gasteiger partial charge in [0.15, 0.2) is 5.78 Å². The third kappa shape index (κ3) is 2.54. The van der Waals surface area contributed by atoms with Crippen molar-refractivity contribution in [2.24, 2.45) is 0 Å². The molecule has 0 saturated heterocycles. The molecule has 4 aromatic rings. The SMILES string of the molecule is CCCc1nn(-c2nc(-c3ccc(C)cc3)cs2)c2c1C(=O)c1ccccc1-2. The second-order valence-electron chi connectivity index (χ2n) is 7.09. The molecule has 0 saturated carbocycles. The molecule has 0 spiro atoms. The summed E-state index contributed by atoms with van der Waals surface area (Å²) in [4.78, 5) is 17.9. The van der Waals surface area contributed by atoms with Crippen LogP contribution in [0.2, 0.25) is 0 Å². The summed E-state index contributed by atoms with van der Waals surface area (Å²) in [5.74, 6) is 0.0793. The van der Waals surface area contributed by atoms with Crippen LogP contribution in [0.3, 0.4) is 0 Å². The van der Waals surface area contributed by atoms with Gasteiger partial charge in [0, 0.05) is 22.1 Å². The molecular weight excluding hydrogens is 366 g/mol. The van der Waals surface area contributed by atoms with Gasteiger partial charge in [-0.05, 0) is 13.3 Å². The number of nitrogens with zero attached hydrogens (tertiary/aromatic N) is 3. The molecule has 4 nitrogen and oxygen atoms in total. The number of aryl methyl sites for hydroxylation is 2. The molecule has 1 aliphatic carbocycles. The largest absolute Gasteiger partial charge is 0.288 e. The number of hydrogen-bond donors (Lipinski definition) is 0. The molecule has 1 aliphatic rings. The smallest absolute Gasteiger partial charge is 0.211 e. The van der Waals surface area contributed by atoms with E-state index in [4.69, 9.17) is 10.1 Å². The summed E-state index contributed by atoms with van der Waals surface area (Å²) in [5.41, 5.74) is 7.44. The van der Waals surface area contributed by atoms with E-state index < -0.39 is 0 Å². The number of benzene rings is 2. The van der Waals surface area contributed by atoms with Crippen molar-refractivity contribution in [3.63, 3.8) is 0 Å². The minimum Gasteiger partial charge on any atom is -0.288 e. The van der Waals surface area contributed by atoms with Crippen molar-refractivity contribution in [2.45, 2.75) is 26.7 Å². The van der Waals surface area contributed by atoms with Gasteiger partial charge in [0.25, 0.3) is 0 Å². The Morgan fingerprint density at radius 2 is 1.79 bits per heavy atom. The van der Waals surface area contributed by atoms with Gasteiger partial charge in [-0.15, -0.1) is 11.3 Å². The zero-order chi connectivity index (χ0) is 19.3. The minimum absolute atomic E-state index is 0.0793. The van der Waals surface area contributed by atoms with Gasteiger partial charge in [-0.2, -0.15) is 5.10 Å². The van der Waals surface area contributed by atoms with Crippen LogP contribution in [-0.4, -0.2) is 20.5 Å². The molecule has 0 fully saturated rings. The van der Waals surface area contributed by atoms with E-state index in [9.17, 15) is 4.79 Å². The summed E-state index contributed by atoms with van der Waals surface area (Å²) in [6.45, 7) is 4.18. The Hall–Kier alpha value is -3.05. The Kier molecular flexibility index (Phi) is 3.98. The summed E-state index contributed by atoms with van der Waals surface area (Å²) in [6.07, 6.45) is 1.73. The molecule has 5 rings (SSSR count). The standard InChI is InChI=1S/C23H19N3OS/c1-3-6-18-20-21(16-7-4-5-8-17(16)22(20)27)26(25-18)23-24-19(13-28-23)15-11-9-14(2)10-12-15/h4-5,7-13H,3,6H2,1-2H3. The van der Waals surface area contributed by atoms with Crippen molar-refractivity contribution < 1.29 is 4.79 Å². The molecule has 0 bridgehead atoms. The summed E-state index contributed by atoms with van der Waals surface area (Å²) < 4.78 is 1.87. The highest BCUT2D eigenvalue weighted by Crippen LogP contribution is 2.40. The molecule has 5 heteroatoms. The second-order valence-corrected chi connectivity index (χ2v) is 7.92. The molecule has 28 heavy (non-hydrogen) atoms. The average Bonchev–Trinajstić information content (AvgIpc) is 3.39. The van der Waals surface area contributed by atoms with Crippen molar-refractivity contribution in [1.82, 2.24) is 14.8 Å². The van der Waals surface area contributed by atoms with Crippen LogP contribution in [0.15, 0.2) is 53.9 Å². The van der Waals surface area contributed by atoms with Crippen molar-refractivity contribution in [1.29, 1.82) is 0 Å². The third-order valence-corrected chi connectivity index (χ3v) is 5.94. The van der Waals surface area contributed by atoms with Crippen LogP contribution in [0.1, 0.15) is 40.5 Å². The van der Waals surface area contributed by atoms with Crippen LogP contribution >= 0.6 is 11.3 Å². The van der Waals surface area contributed by atoms with E-state index in [0.717, 1.165) is 57.3 Å². The van der Waals surface area contributed by atoms with Gasteiger partial charge in [0.05, 0.1) is 22.6 Å². The number of ketones is 1. The first-order valence-electron chi connectivity index (χ1n) is 9.46. The number of thiazole rings is 1. The molecule has 2 heterocycles. The highest BCUT2D eigenvalue weighted by molar-refractivity contribution is 7.12. The fourth-order valence-corrected chi connectivity index (χ4v) is 4.53. The van der Waals surface area contributed by atoms with Crippen LogP contribution in [-0.2, 0) is 6.42 Å². The van der Waals surface area contributed by atoms with Gasteiger partial charge in [-0.1, -0.05) is 67.4 Å². The molecule has 0 unspecified atom stereocenters. The van der Waals surface area contributed by atoms with Gasteiger partial charge in [-0.3, -0.25) is 4.79 Å². The monoisotopic (exact) mass is 385 g/mol. The second kappa shape index (κ2) is 6.53. The number of carbonyl (C=O) groups is 1. The summed E-state index contributed by atoms with van der Waals surface area (Å²) >= 11 is 1.55. The van der Waals surface area contributed by atoms with Crippen LogP contribution in [0.4, 0.5) is 0 Å². The maximum atomic E-state index is 13.0. The van der Waals surface area contributed by atoms with Gasteiger partial charge in [0.2, 0.25) is 5.13 Å². The van der Waals surface area contributed by atoms with Crippen LogP contribution in [0.25, 0.3) is 27.6 Å². The minimum atomic E-state index is 0.0793. The van der Waals surface area contributed by atoms with E-state index >= 15 is 0 Å². The quantitative estimate of drug-likeness (QED) is 0.412. The first kappa shape index (κ1) is 17.1. The molecule has 2 aromatic carbocycles. The number of aromatic nitrogens is 3. The van der Waals surface area contributed by atoms with E-state index in [-0.39, 0.29) is 5.78 Å². The van der Waals surface area contributed by atoms with Gasteiger partial charge < -0.3 is 0 Å². The lowest BCUT2D eigenvalue weighted by molar-refractivity contribution is 0.104. The Balaban J connectivity index is 1.67. The van der Waals surface area contributed by atoms with Gasteiger partial charge >= 0.3 is 0 Å². The number of hydrogen-bond acceptors (Lipinski definition) is 4. The van der Waals surface area contributed by atoms with Crippen LogP contribution < -0.4 is 0 Å². The Morgan fingerprint density at radius 1 is 1.04 bits per heavy atom. The third-order valence-electron chi connectivity index (χ3n) is 5.12. The normalized spacial score (nSPS) is 12.3. The molecule has 0 aliphatic heterocycles. The number of fused-ring (bicyclic) bond motifs is 3. The molecule has 0 N–H and O–H groups in total. The molecule has 2 aromatic heterocycles. The van der Waals surface area contributed by atoms with E-state index in [1.54, 1.807) is 11.3 Å². The highest BCUT2D eigenvalue weighted by atomic mass is 32.1. The van der Waals surface area contributed by atoms with Crippen molar-refractivity contribution in [3.8, 4) is 27.6 Å². The maximum Gasteiger partial charge on any atom is 0.211 e. The Labute approximate surface area is 167 Å². The van der Waals surface area contributed by atoms with E-state index in [1.807, 2.05) is 28.9 Å². The molecule has 138 valence electrons. The van der Waals surface area contributed by atoms with Gasteiger partial charge in [-0.25, -0.2) is 9.67 Å². The Bertz CT molecular complexity index is 1200. The van der Waals surface area contributed by atoms with Crippen LogP contribution in [0.5, 0.6) is 0 Å². The lowest BCUT2D eigenvalue weighted by atomic mass is 10.1. The van der Waals surface area contributed by atoms with E-state index in [1.165, 1.54) is 5.56 Å². The number of carbonyl (C=O) groups excluding carboxylic acids is 1. The average molecular weight is 385 g/mol. The molecule has 0 amide bonds. The highest BCUT2D eigenvalue weighted by Gasteiger charge is 2.34. The first-order chi connectivity index (χ1) is 13.7. The predicted molar refractivity (Wildman–Crippen MR) is 112 cm³/mol. The fourth-order valence-electron chi connectivity index (χ4n) is 3.74. The van der Waals surface area contributed by atoms with Crippen molar-refractivity contribution in [3.05, 3.63) is 76.3 Å². The number of rotatable bonds is 4. The zero-order valence-electron chi connectivity index (χ0n) is 15.8. The lowest BCUT2D eigenvalue weighted by Gasteiger charge is -2.03. The first-order valence-corrected chi connectivity index (χ1v) is 10.3. The molecule has 0 radical (unpaired) electrons. The maximum absolute atomic E-state index is 13.0. The summed E-state index contributed by atoms with van der Waals surface area (Å²) in [7, 11) is 0. The van der Waals surface area contributed by atoms with E-state index in [2.05, 4.69) is 43.5 Å². The summed E-state index contributed by atoms with van der Waals surface area (Å²) in [5, 5.41) is 7.65. The van der Waals surface area contributed by atoms with Gasteiger partial charge in [0.1, 0.15) is 0 Å². The van der Waals surface area contributed by atoms with Crippen LogP contribution in [0, 0.1) is 6.92 Å². The Morgan fingerprint density at radius 3 is 2.54 bits per heavy atom. The summed E-state index contributed by atoms with van der Waals surface area (Å²) in [6, 6.07) is 16.1. The van der Waals surface area contributed by atoms with Crippen molar-refractivity contribution >= 4 is 17.1 Å². The molecule has 0 atom stereocenters. The van der Waals surface area contributed by atoms with E-state index in [0.29, 0.717) is 0 Å². The molecular formula is C23H19N3OS. The zero-order valence-corrected chi connectivity index (χ0v) is 16.6.